The second-order valence-corrected chi connectivity index (χ2v) is 6.73. The summed E-state index contributed by atoms with van der Waals surface area (Å²) in [4.78, 5) is 47.5. The largest absolute Gasteiger partial charge is 0.478 e. The molecule has 10 heteroatoms. The molecular formula is C21H23N3O7. The molecule has 0 spiro atoms. The lowest BCUT2D eigenvalue weighted by molar-refractivity contribution is -0.384. The molecule has 1 atom stereocenters. The molecular weight excluding hydrogens is 406 g/mol. The minimum absolute atomic E-state index is 0.0861. The number of carboxylic acids is 1. The van der Waals surface area contributed by atoms with Crippen molar-refractivity contribution < 1.29 is 29.2 Å². The van der Waals surface area contributed by atoms with E-state index in [0.717, 1.165) is 31.2 Å². The van der Waals surface area contributed by atoms with Crippen LogP contribution in [-0.2, 0) is 20.7 Å². The van der Waals surface area contributed by atoms with Gasteiger partial charge in [0.15, 0.2) is 0 Å². The highest BCUT2D eigenvalue weighted by Gasteiger charge is 2.35. The molecule has 3 N–H and O–H groups in total. The molecule has 164 valence electrons. The van der Waals surface area contributed by atoms with Crippen molar-refractivity contribution in [3.8, 4) is 0 Å². The van der Waals surface area contributed by atoms with E-state index in [4.69, 9.17) is 10.8 Å². The first-order valence-electron chi connectivity index (χ1n) is 9.45. The first-order chi connectivity index (χ1) is 14.8. The fraction of sp³-hybridized carbons (Fsp3) is 0.286. The van der Waals surface area contributed by atoms with Crippen LogP contribution in [0.25, 0.3) is 0 Å². The number of unbranched alkanes of at least 4 members (excludes halogenated alkanes) is 1. The molecule has 10 nitrogen and oxygen atoms in total. The van der Waals surface area contributed by atoms with Gasteiger partial charge in [0.25, 0.3) is 11.6 Å². The van der Waals surface area contributed by atoms with E-state index in [-0.39, 0.29) is 17.8 Å². The van der Waals surface area contributed by atoms with Crippen molar-refractivity contribution in [1.29, 1.82) is 0 Å². The van der Waals surface area contributed by atoms with E-state index < -0.39 is 34.5 Å². The normalized spacial score (nSPS) is 11.4. The van der Waals surface area contributed by atoms with Gasteiger partial charge in [0, 0.05) is 12.6 Å². The standard InChI is InChI=1S/C21H23N3O7/c1-31-21(28)18(19(22)25)23(12-6-5-9-14-7-3-2-4-8-14)16-11-10-15(20(26)27)13-17(16)24(29)30/h2-4,7-8,10-11,13,18H,5-6,9,12H2,1H3,(H2,22,25)(H,26,27). The lowest BCUT2D eigenvalue weighted by atomic mass is 10.1. The molecule has 31 heavy (non-hydrogen) atoms. The minimum Gasteiger partial charge on any atom is -0.478 e. The van der Waals surface area contributed by atoms with Crippen LogP contribution in [0.15, 0.2) is 48.5 Å². The number of esters is 1. The quantitative estimate of drug-likeness (QED) is 0.181. The first-order valence-corrected chi connectivity index (χ1v) is 9.45. The Kier molecular flexibility index (Phi) is 8.07. The summed E-state index contributed by atoms with van der Waals surface area (Å²) in [7, 11) is 1.08. The van der Waals surface area contributed by atoms with Crippen molar-refractivity contribution in [1.82, 2.24) is 0 Å². The number of hydrogen-bond acceptors (Lipinski definition) is 7. The Bertz CT molecular complexity index is 963. The number of ether oxygens (including phenoxy) is 1. The van der Waals surface area contributed by atoms with E-state index in [2.05, 4.69) is 4.74 Å². The van der Waals surface area contributed by atoms with Crippen molar-refractivity contribution >= 4 is 29.2 Å². The van der Waals surface area contributed by atoms with Crippen LogP contribution in [0.2, 0.25) is 0 Å². The predicted octanol–water partition coefficient (Wildman–Crippen LogP) is 2.15. The molecule has 0 aliphatic rings. The van der Waals surface area contributed by atoms with E-state index in [1.54, 1.807) is 0 Å². The number of primary amides is 1. The second kappa shape index (κ2) is 10.7. The third-order valence-electron chi connectivity index (χ3n) is 4.69. The molecule has 0 aliphatic carbocycles. The van der Waals surface area contributed by atoms with Gasteiger partial charge in [0.2, 0.25) is 6.04 Å². The van der Waals surface area contributed by atoms with E-state index in [0.29, 0.717) is 12.8 Å². The Morgan fingerprint density at radius 1 is 1.16 bits per heavy atom. The number of rotatable bonds is 11. The van der Waals surface area contributed by atoms with Gasteiger partial charge in [0.1, 0.15) is 5.69 Å². The number of carbonyl (C=O) groups excluding carboxylic acids is 2. The van der Waals surface area contributed by atoms with Crippen molar-refractivity contribution in [3.63, 3.8) is 0 Å². The Morgan fingerprint density at radius 3 is 2.39 bits per heavy atom. The van der Waals surface area contributed by atoms with Crippen LogP contribution in [0.4, 0.5) is 11.4 Å². The minimum atomic E-state index is -1.60. The summed E-state index contributed by atoms with van der Waals surface area (Å²) in [5.74, 6) is -3.35. The third-order valence-corrected chi connectivity index (χ3v) is 4.69. The Morgan fingerprint density at radius 2 is 1.84 bits per heavy atom. The number of methoxy groups -OCH3 is 1. The van der Waals surface area contributed by atoms with Crippen LogP contribution in [0.1, 0.15) is 28.8 Å². The summed E-state index contributed by atoms with van der Waals surface area (Å²) in [6.07, 6.45) is 1.88. The molecule has 0 radical (unpaired) electrons. The fourth-order valence-corrected chi connectivity index (χ4v) is 3.20. The van der Waals surface area contributed by atoms with E-state index in [9.17, 15) is 24.5 Å². The van der Waals surface area contributed by atoms with Crippen molar-refractivity contribution in [2.75, 3.05) is 18.6 Å². The summed E-state index contributed by atoms with van der Waals surface area (Å²) in [6.45, 7) is 0.0861. The summed E-state index contributed by atoms with van der Waals surface area (Å²) >= 11 is 0. The SMILES string of the molecule is COC(=O)C(C(N)=O)N(CCCCc1ccccc1)c1ccc(C(=O)O)cc1[N+](=O)[O-]. The van der Waals surface area contributed by atoms with Crippen LogP contribution in [0, 0.1) is 10.1 Å². The van der Waals surface area contributed by atoms with E-state index in [1.165, 1.54) is 11.0 Å². The van der Waals surface area contributed by atoms with Gasteiger partial charge in [-0.3, -0.25) is 14.9 Å². The molecule has 0 fully saturated rings. The maximum atomic E-state index is 12.3. The molecule has 2 aromatic carbocycles. The smallest absolute Gasteiger partial charge is 0.338 e. The Balaban J connectivity index is 2.37. The van der Waals surface area contributed by atoms with Gasteiger partial charge >= 0.3 is 11.9 Å². The lowest BCUT2D eigenvalue weighted by Gasteiger charge is -2.29. The number of hydrogen-bond donors (Lipinski definition) is 2. The number of nitrogens with zero attached hydrogens (tertiary/aromatic N) is 2. The maximum Gasteiger partial charge on any atom is 0.338 e. The summed E-state index contributed by atoms with van der Waals surface area (Å²) in [5, 5.41) is 20.7. The fourth-order valence-electron chi connectivity index (χ4n) is 3.20. The molecule has 2 aromatic rings. The van der Waals surface area contributed by atoms with Gasteiger partial charge in [-0.15, -0.1) is 0 Å². The number of aryl methyl sites for hydroxylation is 1. The van der Waals surface area contributed by atoms with Crippen LogP contribution < -0.4 is 10.6 Å². The van der Waals surface area contributed by atoms with E-state index in [1.807, 2.05) is 30.3 Å². The van der Waals surface area contributed by atoms with Gasteiger partial charge in [-0.05, 0) is 37.0 Å². The topological polar surface area (TPSA) is 153 Å². The van der Waals surface area contributed by atoms with Crippen molar-refractivity contribution in [2.45, 2.75) is 25.3 Å². The highest BCUT2D eigenvalue weighted by atomic mass is 16.6. The van der Waals surface area contributed by atoms with Gasteiger partial charge in [0.05, 0.1) is 17.6 Å². The number of anilines is 1. The second-order valence-electron chi connectivity index (χ2n) is 6.73. The number of benzene rings is 2. The van der Waals surface area contributed by atoms with Crippen molar-refractivity contribution in [3.05, 3.63) is 69.8 Å². The first kappa shape index (κ1) is 23.3. The summed E-state index contributed by atoms with van der Waals surface area (Å²) < 4.78 is 4.67. The molecule has 0 heterocycles. The summed E-state index contributed by atoms with van der Waals surface area (Å²) in [6, 6.07) is 11.3. The average molecular weight is 429 g/mol. The highest BCUT2D eigenvalue weighted by molar-refractivity contribution is 6.05. The molecule has 1 amide bonds. The number of carboxylic acid groups (broad SMARTS) is 1. The zero-order valence-corrected chi connectivity index (χ0v) is 16.9. The van der Waals surface area contributed by atoms with Crippen LogP contribution in [-0.4, -0.2) is 47.6 Å². The Labute approximate surface area is 178 Å². The molecule has 0 saturated heterocycles. The van der Waals surface area contributed by atoms with Crippen LogP contribution >= 0.6 is 0 Å². The van der Waals surface area contributed by atoms with Crippen LogP contribution in [0.3, 0.4) is 0 Å². The monoisotopic (exact) mass is 429 g/mol. The molecule has 2 rings (SSSR count). The molecule has 1 unspecified atom stereocenters. The van der Waals surface area contributed by atoms with Crippen molar-refractivity contribution in [2.24, 2.45) is 5.73 Å². The zero-order valence-electron chi connectivity index (χ0n) is 16.9. The van der Waals surface area contributed by atoms with Gasteiger partial charge in [-0.25, -0.2) is 9.59 Å². The third kappa shape index (κ3) is 6.01. The average Bonchev–Trinajstić information content (AvgIpc) is 2.75. The lowest BCUT2D eigenvalue weighted by Crippen LogP contribution is -2.51. The number of aromatic carboxylic acids is 1. The number of amides is 1. The van der Waals surface area contributed by atoms with E-state index >= 15 is 0 Å². The molecule has 0 bridgehead atoms. The molecule has 0 aliphatic heterocycles. The van der Waals surface area contributed by atoms with Crippen LogP contribution in [0.5, 0.6) is 0 Å². The highest BCUT2D eigenvalue weighted by Crippen LogP contribution is 2.31. The number of nitro groups is 1. The molecule has 0 saturated carbocycles. The Hall–Kier alpha value is -3.95. The summed E-state index contributed by atoms with van der Waals surface area (Å²) in [5.41, 5.74) is 5.56. The number of carbonyl (C=O) groups is 3. The zero-order chi connectivity index (χ0) is 23.0. The van der Waals surface area contributed by atoms with Gasteiger partial charge in [-0.2, -0.15) is 0 Å². The molecule has 0 aromatic heterocycles. The number of nitrogens with two attached hydrogens (primary N) is 1. The van der Waals surface area contributed by atoms with Gasteiger partial charge in [-0.1, -0.05) is 30.3 Å². The maximum absolute atomic E-state index is 12.3. The van der Waals surface area contributed by atoms with Gasteiger partial charge < -0.3 is 20.5 Å². The number of nitro benzene ring substituents is 1. The predicted molar refractivity (Wildman–Crippen MR) is 112 cm³/mol.